The van der Waals surface area contributed by atoms with Gasteiger partial charge in [-0.2, -0.15) is 0 Å². The highest BCUT2D eigenvalue weighted by Crippen LogP contribution is 2.24. The molecule has 2 N–H and O–H groups in total. The molecule has 1 atom stereocenters. The van der Waals surface area contributed by atoms with Gasteiger partial charge in [0.15, 0.2) is 0 Å². The third-order valence-electron chi connectivity index (χ3n) is 5.72. The number of carbonyl (C=O) groups excluding carboxylic acids is 2. The second kappa shape index (κ2) is 10.5. The fraction of sp³-hybridized carbons (Fsp3) is 0.370. The summed E-state index contributed by atoms with van der Waals surface area (Å²) >= 11 is 0. The lowest BCUT2D eigenvalue weighted by atomic mass is 10.0. The highest BCUT2D eigenvalue weighted by atomic mass is 16.5. The molecule has 0 saturated carbocycles. The summed E-state index contributed by atoms with van der Waals surface area (Å²) in [6.07, 6.45) is 3.03. The van der Waals surface area contributed by atoms with Crippen LogP contribution in [0, 0.1) is 5.92 Å². The third-order valence-corrected chi connectivity index (χ3v) is 5.72. The Kier molecular flexibility index (Phi) is 7.76. The summed E-state index contributed by atoms with van der Waals surface area (Å²) in [5, 5.41) is 7.73. The van der Waals surface area contributed by atoms with Crippen LogP contribution >= 0.6 is 0 Å². The summed E-state index contributed by atoms with van der Waals surface area (Å²) in [7, 11) is 1.63. The minimum absolute atomic E-state index is 0.0290. The highest BCUT2D eigenvalue weighted by molar-refractivity contribution is 5.99. The second-order valence-corrected chi connectivity index (χ2v) is 9.23. The molecule has 34 heavy (non-hydrogen) atoms. The molecular weight excluding hydrogens is 430 g/mol. The van der Waals surface area contributed by atoms with Gasteiger partial charge in [0.1, 0.15) is 16.9 Å². The molecule has 0 radical (unpaired) electrons. The van der Waals surface area contributed by atoms with Crippen LogP contribution in [0.15, 0.2) is 53.6 Å². The molecule has 0 bridgehead atoms. The van der Waals surface area contributed by atoms with E-state index in [0.29, 0.717) is 6.54 Å². The van der Waals surface area contributed by atoms with Crippen LogP contribution < -0.4 is 20.8 Å². The molecule has 7 nitrogen and oxygen atoms in total. The number of nitrogens with zero attached hydrogens (tertiary/aromatic N) is 1. The first kappa shape index (κ1) is 25.0. The van der Waals surface area contributed by atoms with Crippen molar-refractivity contribution in [2.24, 2.45) is 5.92 Å². The number of benzene rings is 2. The van der Waals surface area contributed by atoms with E-state index >= 15 is 0 Å². The first-order valence-electron chi connectivity index (χ1n) is 11.5. The first-order chi connectivity index (χ1) is 16.1. The first-order valence-corrected chi connectivity index (χ1v) is 11.5. The number of carbonyl (C=O) groups is 2. The van der Waals surface area contributed by atoms with E-state index in [0.717, 1.165) is 22.1 Å². The second-order valence-electron chi connectivity index (χ2n) is 9.23. The summed E-state index contributed by atoms with van der Waals surface area (Å²) in [5.41, 5.74) is 0.243. The van der Waals surface area contributed by atoms with E-state index in [1.54, 1.807) is 11.7 Å². The van der Waals surface area contributed by atoms with Crippen molar-refractivity contribution in [1.29, 1.82) is 0 Å². The molecule has 3 aromatic rings. The SMILES string of the molecule is COc1ccc2cc([C@H](C)NC(=O)c3cn(C(C)C)cc(C(=O)NCC(C)C)c3=O)ccc2c1. The highest BCUT2D eigenvalue weighted by Gasteiger charge is 2.21. The zero-order valence-corrected chi connectivity index (χ0v) is 20.6. The van der Waals surface area contributed by atoms with Gasteiger partial charge in [0.2, 0.25) is 5.43 Å². The van der Waals surface area contributed by atoms with Crippen molar-refractivity contribution >= 4 is 22.6 Å². The Hall–Kier alpha value is -3.61. The average Bonchev–Trinajstić information content (AvgIpc) is 2.81. The van der Waals surface area contributed by atoms with Gasteiger partial charge in [0.05, 0.1) is 13.2 Å². The van der Waals surface area contributed by atoms with Gasteiger partial charge in [0, 0.05) is 25.0 Å². The maximum Gasteiger partial charge on any atom is 0.257 e. The van der Waals surface area contributed by atoms with Crippen molar-refractivity contribution in [3.05, 3.63) is 75.7 Å². The van der Waals surface area contributed by atoms with Gasteiger partial charge >= 0.3 is 0 Å². The lowest BCUT2D eigenvalue weighted by Crippen LogP contribution is -2.37. The molecule has 0 aliphatic carbocycles. The Morgan fingerprint density at radius 1 is 0.912 bits per heavy atom. The van der Waals surface area contributed by atoms with E-state index in [-0.39, 0.29) is 29.1 Å². The summed E-state index contributed by atoms with van der Waals surface area (Å²) < 4.78 is 6.99. The predicted octanol–water partition coefficient (Wildman–Crippen LogP) is 4.47. The zero-order chi connectivity index (χ0) is 25.0. The topological polar surface area (TPSA) is 89.4 Å². The quantitative estimate of drug-likeness (QED) is 0.516. The molecule has 0 unspecified atom stereocenters. The van der Waals surface area contributed by atoms with Gasteiger partial charge in [-0.05, 0) is 61.2 Å². The minimum Gasteiger partial charge on any atom is -0.497 e. The zero-order valence-electron chi connectivity index (χ0n) is 20.6. The lowest BCUT2D eigenvalue weighted by molar-refractivity contribution is 0.0937. The van der Waals surface area contributed by atoms with Crippen LogP contribution in [0.4, 0.5) is 0 Å². The number of rotatable bonds is 8. The van der Waals surface area contributed by atoms with Crippen molar-refractivity contribution in [2.75, 3.05) is 13.7 Å². The molecule has 1 heterocycles. The number of ether oxygens (including phenoxy) is 1. The molecule has 0 aliphatic heterocycles. The van der Waals surface area contributed by atoms with Crippen molar-refractivity contribution in [1.82, 2.24) is 15.2 Å². The molecule has 2 amide bonds. The van der Waals surface area contributed by atoms with Crippen molar-refractivity contribution < 1.29 is 14.3 Å². The number of hydrogen-bond acceptors (Lipinski definition) is 4. The fourth-order valence-corrected chi connectivity index (χ4v) is 3.61. The average molecular weight is 464 g/mol. The van der Waals surface area contributed by atoms with Crippen LogP contribution in [-0.2, 0) is 0 Å². The van der Waals surface area contributed by atoms with Gasteiger partial charge in [-0.15, -0.1) is 0 Å². The Bertz CT molecular complexity index is 1260. The number of methoxy groups -OCH3 is 1. The van der Waals surface area contributed by atoms with Gasteiger partial charge < -0.3 is 19.9 Å². The Morgan fingerprint density at radius 2 is 1.53 bits per heavy atom. The summed E-state index contributed by atoms with van der Waals surface area (Å²) in [6, 6.07) is 11.3. The molecule has 0 spiro atoms. The summed E-state index contributed by atoms with van der Waals surface area (Å²) in [5.74, 6) is 0.0352. The van der Waals surface area contributed by atoms with Gasteiger partial charge in [-0.25, -0.2) is 0 Å². The number of nitrogens with one attached hydrogen (secondary N) is 2. The van der Waals surface area contributed by atoms with E-state index in [1.807, 2.05) is 71.0 Å². The number of hydrogen-bond donors (Lipinski definition) is 2. The van der Waals surface area contributed by atoms with Crippen molar-refractivity contribution in [2.45, 2.75) is 46.7 Å². The van der Waals surface area contributed by atoms with E-state index in [1.165, 1.54) is 12.4 Å². The van der Waals surface area contributed by atoms with Crippen LogP contribution in [0.25, 0.3) is 10.8 Å². The molecule has 180 valence electrons. The van der Waals surface area contributed by atoms with Crippen LogP contribution in [0.5, 0.6) is 5.75 Å². The van der Waals surface area contributed by atoms with E-state index < -0.39 is 17.2 Å². The Balaban J connectivity index is 1.89. The molecule has 1 aromatic heterocycles. The van der Waals surface area contributed by atoms with Crippen molar-refractivity contribution in [3.63, 3.8) is 0 Å². The lowest BCUT2D eigenvalue weighted by Gasteiger charge is -2.18. The maximum atomic E-state index is 13.1. The van der Waals surface area contributed by atoms with Crippen LogP contribution in [0.3, 0.4) is 0 Å². The van der Waals surface area contributed by atoms with Gasteiger partial charge in [-0.3, -0.25) is 14.4 Å². The Labute approximate surface area is 200 Å². The van der Waals surface area contributed by atoms with E-state index in [9.17, 15) is 14.4 Å². The van der Waals surface area contributed by atoms with Crippen LogP contribution in [-0.4, -0.2) is 30.0 Å². The largest absolute Gasteiger partial charge is 0.497 e. The molecule has 2 aromatic carbocycles. The number of aromatic nitrogens is 1. The number of amides is 2. The monoisotopic (exact) mass is 463 g/mol. The molecule has 3 rings (SSSR count). The predicted molar refractivity (Wildman–Crippen MR) is 135 cm³/mol. The number of pyridine rings is 1. The van der Waals surface area contributed by atoms with Crippen LogP contribution in [0.2, 0.25) is 0 Å². The smallest absolute Gasteiger partial charge is 0.257 e. The molecule has 0 fully saturated rings. The molecule has 7 heteroatoms. The normalized spacial score (nSPS) is 12.1. The van der Waals surface area contributed by atoms with Gasteiger partial charge in [0.25, 0.3) is 11.8 Å². The van der Waals surface area contributed by atoms with Crippen molar-refractivity contribution in [3.8, 4) is 5.75 Å². The van der Waals surface area contributed by atoms with E-state index in [4.69, 9.17) is 4.74 Å². The minimum atomic E-state index is -0.575. The molecular formula is C27H33N3O4. The van der Waals surface area contributed by atoms with Crippen LogP contribution in [0.1, 0.15) is 73.0 Å². The number of fused-ring (bicyclic) bond motifs is 1. The van der Waals surface area contributed by atoms with E-state index in [2.05, 4.69) is 10.6 Å². The standard InChI is InChI=1S/C27H33N3O4/c1-16(2)13-28-26(32)23-14-30(17(3)4)15-24(25(23)31)27(33)29-18(5)19-7-8-21-12-22(34-6)10-9-20(21)11-19/h7-12,14-18H,13H2,1-6H3,(H,28,32)(H,29,33)/t18-/m0/s1. The fourth-order valence-electron chi connectivity index (χ4n) is 3.61. The molecule has 0 saturated heterocycles. The van der Waals surface area contributed by atoms with Gasteiger partial charge in [-0.1, -0.05) is 32.0 Å². The summed E-state index contributed by atoms with van der Waals surface area (Å²) in [6.45, 7) is 10.1. The Morgan fingerprint density at radius 3 is 2.15 bits per heavy atom. The molecule has 0 aliphatic rings. The maximum absolute atomic E-state index is 13.1. The third kappa shape index (κ3) is 5.65. The summed E-state index contributed by atoms with van der Waals surface area (Å²) in [4.78, 5) is 38.9.